The van der Waals surface area contributed by atoms with Gasteiger partial charge in [0.15, 0.2) is 0 Å². The fourth-order valence-corrected chi connectivity index (χ4v) is 4.04. The molecule has 4 heterocycles. The monoisotopic (exact) mass is 510 g/mol. The number of fused-ring (bicyclic) bond motifs is 6. The van der Waals surface area contributed by atoms with Crippen molar-refractivity contribution in [3.05, 3.63) is 85.5 Å². The van der Waals surface area contributed by atoms with Gasteiger partial charge in [0.1, 0.15) is 24.7 Å². The van der Waals surface area contributed by atoms with Crippen LogP contribution in [0.25, 0.3) is 43.6 Å². The van der Waals surface area contributed by atoms with E-state index in [2.05, 4.69) is 19.9 Å². The molecule has 0 atom stereocenters. The summed E-state index contributed by atoms with van der Waals surface area (Å²) in [6.45, 7) is 0.600. The van der Waals surface area contributed by atoms with Crippen molar-refractivity contribution in [3.8, 4) is 11.5 Å². The van der Waals surface area contributed by atoms with Gasteiger partial charge >= 0.3 is 0 Å². The van der Waals surface area contributed by atoms with Crippen LogP contribution >= 0.6 is 0 Å². The summed E-state index contributed by atoms with van der Waals surface area (Å²) in [5, 5.41) is 4.06. The number of benzene rings is 2. The molecule has 4 aromatic heterocycles. The molecule has 2 N–H and O–H groups in total. The van der Waals surface area contributed by atoms with Gasteiger partial charge in [0.25, 0.3) is 0 Å². The van der Waals surface area contributed by atoms with Crippen LogP contribution in [0.3, 0.4) is 0 Å². The van der Waals surface area contributed by atoms with Crippen LogP contribution in [-0.2, 0) is 17.1 Å². The Kier molecular flexibility index (Phi) is 6.42. The van der Waals surface area contributed by atoms with Crippen molar-refractivity contribution in [3.63, 3.8) is 0 Å². The van der Waals surface area contributed by atoms with E-state index in [1.807, 2.05) is 60.7 Å². The molecule has 0 unspecified atom stereocenters. The van der Waals surface area contributed by atoms with Crippen molar-refractivity contribution >= 4 is 43.6 Å². The molecule has 177 valence electrons. The second-order valence-electron chi connectivity index (χ2n) is 8.15. The van der Waals surface area contributed by atoms with Gasteiger partial charge in [-0.05, 0) is 24.3 Å². The van der Waals surface area contributed by atoms with Crippen LogP contribution in [0.1, 0.15) is 0 Å². The predicted octanol–water partition coefficient (Wildman–Crippen LogP) is 4.66. The van der Waals surface area contributed by atoms with Crippen molar-refractivity contribution in [2.24, 2.45) is 5.73 Å². The minimum atomic E-state index is -0.317. The number of ether oxygens (including phenoxy) is 2. The Morgan fingerprint density at radius 1 is 0.600 bits per heavy atom. The van der Waals surface area contributed by atoms with Crippen LogP contribution in [0.4, 0.5) is 0 Å². The van der Waals surface area contributed by atoms with Gasteiger partial charge in [0.2, 0.25) is 0 Å². The minimum absolute atomic E-state index is 0. The zero-order chi connectivity index (χ0) is 22.9. The first-order valence-corrected chi connectivity index (χ1v) is 11.0. The SMILES string of the molecule is NC(COc1cnc2c(ccc3cccnc32)c1)COc1cnc2c(ccc3cccnc32)c1.[Cu]. The Morgan fingerprint density at radius 2 is 1.03 bits per heavy atom. The Hall–Kier alpha value is -3.84. The van der Waals surface area contributed by atoms with Crippen LogP contribution in [-0.4, -0.2) is 39.2 Å². The Labute approximate surface area is 211 Å². The Morgan fingerprint density at radius 3 is 1.51 bits per heavy atom. The summed E-state index contributed by atoms with van der Waals surface area (Å²) in [6, 6.07) is 19.6. The fourth-order valence-electron chi connectivity index (χ4n) is 4.04. The Balaban J connectivity index is 0.00000253. The predicted molar refractivity (Wildman–Crippen MR) is 133 cm³/mol. The maximum atomic E-state index is 6.23. The molecule has 0 aliphatic heterocycles. The summed E-state index contributed by atoms with van der Waals surface area (Å²) in [5.41, 5.74) is 9.69. The molecule has 6 aromatic rings. The number of hydrogen-bond acceptors (Lipinski definition) is 7. The molecular formula is C27H21CuN5O2. The smallest absolute Gasteiger partial charge is 0.138 e. The van der Waals surface area contributed by atoms with E-state index in [0.29, 0.717) is 24.7 Å². The maximum absolute atomic E-state index is 6.23. The van der Waals surface area contributed by atoms with Crippen LogP contribution in [0.2, 0.25) is 0 Å². The Bertz CT molecular complexity index is 1540. The largest absolute Gasteiger partial charge is 0.490 e. The van der Waals surface area contributed by atoms with E-state index < -0.39 is 0 Å². The van der Waals surface area contributed by atoms with E-state index in [4.69, 9.17) is 15.2 Å². The normalized spacial score (nSPS) is 11.3. The molecule has 35 heavy (non-hydrogen) atoms. The summed E-state index contributed by atoms with van der Waals surface area (Å²) in [7, 11) is 0. The van der Waals surface area contributed by atoms with Gasteiger partial charge in [-0.1, -0.05) is 36.4 Å². The minimum Gasteiger partial charge on any atom is -0.490 e. The molecule has 0 fully saturated rings. The molecule has 2 aromatic carbocycles. The summed E-state index contributed by atoms with van der Waals surface area (Å²) in [5.74, 6) is 1.31. The van der Waals surface area contributed by atoms with Crippen molar-refractivity contribution in [1.29, 1.82) is 0 Å². The first-order valence-electron chi connectivity index (χ1n) is 11.0. The zero-order valence-corrected chi connectivity index (χ0v) is 19.5. The van der Waals surface area contributed by atoms with Gasteiger partial charge in [0, 0.05) is 51.0 Å². The summed E-state index contributed by atoms with van der Waals surface area (Å²) < 4.78 is 11.8. The molecule has 0 bridgehead atoms. The van der Waals surface area contributed by atoms with Gasteiger partial charge in [-0.2, -0.15) is 0 Å². The first-order chi connectivity index (χ1) is 16.7. The topological polar surface area (TPSA) is 96.0 Å². The third-order valence-electron chi connectivity index (χ3n) is 5.72. The third-order valence-corrected chi connectivity index (χ3v) is 5.72. The summed E-state index contributed by atoms with van der Waals surface area (Å²) in [6.07, 6.45) is 6.96. The number of nitrogens with two attached hydrogens (primary N) is 1. The van der Waals surface area contributed by atoms with Gasteiger partial charge in [0.05, 0.1) is 40.5 Å². The van der Waals surface area contributed by atoms with E-state index in [-0.39, 0.29) is 23.1 Å². The van der Waals surface area contributed by atoms with Crippen molar-refractivity contribution in [2.75, 3.05) is 13.2 Å². The number of nitrogens with zero attached hydrogens (tertiary/aromatic N) is 4. The number of rotatable bonds is 6. The van der Waals surface area contributed by atoms with Gasteiger partial charge in [-0.15, -0.1) is 0 Å². The molecule has 0 saturated carbocycles. The van der Waals surface area contributed by atoms with E-state index >= 15 is 0 Å². The maximum Gasteiger partial charge on any atom is 0.138 e. The van der Waals surface area contributed by atoms with Crippen LogP contribution in [0, 0.1) is 0 Å². The zero-order valence-electron chi connectivity index (χ0n) is 18.6. The number of aromatic nitrogens is 4. The van der Waals surface area contributed by atoms with Crippen molar-refractivity contribution in [1.82, 2.24) is 19.9 Å². The van der Waals surface area contributed by atoms with E-state index in [9.17, 15) is 0 Å². The first kappa shape index (κ1) is 22.9. The van der Waals surface area contributed by atoms with Crippen LogP contribution in [0.5, 0.6) is 11.5 Å². The average Bonchev–Trinajstić information content (AvgIpc) is 2.90. The third kappa shape index (κ3) is 4.59. The molecule has 0 spiro atoms. The summed E-state index contributed by atoms with van der Waals surface area (Å²) >= 11 is 0. The molecule has 0 aliphatic rings. The van der Waals surface area contributed by atoms with Crippen LogP contribution < -0.4 is 15.2 Å². The fraction of sp³-hybridized carbons (Fsp3) is 0.111. The second kappa shape index (κ2) is 9.80. The standard InChI is InChI=1S/C27H21N5O2.Cu/c28-21(15-33-22-11-19-7-5-17-3-1-9-29-24(17)26(19)31-13-22)16-34-23-12-20-8-6-18-4-2-10-30-25(18)27(20)32-14-23;/h1-14,21H,15-16,28H2;. The van der Waals surface area contributed by atoms with Gasteiger partial charge in [-0.3, -0.25) is 19.9 Å². The number of hydrogen-bond donors (Lipinski definition) is 1. The van der Waals surface area contributed by atoms with E-state index in [0.717, 1.165) is 43.6 Å². The summed E-state index contributed by atoms with van der Waals surface area (Å²) in [4.78, 5) is 18.0. The molecule has 6 rings (SSSR count). The van der Waals surface area contributed by atoms with Crippen LogP contribution in [0.15, 0.2) is 85.5 Å². The van der Waals surface area contributed by atoms with E-state index in [1.54, 1.807) is 24.8 Å². The molecule has 0 saturated heterocycles. The van der Waals surface area contributed by atoms with Crippen molar-refractivity contribution in [2.45, 2.75) is 6.04 Å². The van der Waals surface area contributed by atoms with Gasteiger partial charge < -0.3 is 15.2 Å². The quantitative estimate of drug-likeness (QED) is 0.257. The van der Waals surface area contributed by atoms with Crippen molar-refractivity contribution < 1.29 is 26.5 Å². The molecule has 1 radical (unpaired) electrons. The molecular weight excluding hydrogens is 490 g/mol. The van der Waals surface area contributed by atoms with E-state index in [1.165, 1.54) is 0 Å². The molecule has 0 aliphatic carbocycles. The molecule has 7 nitrogen and oxygen atoms in total. The molecule has 8 heteroatoms. The molecule has 0 amide bonds. The average molecular weight is 511 g/mol. The van der Waals surface area contributed by atoms with Gasteiger partial charge in [-0.25, -0.2) is 0 Å². The number of pyridine rings is 4. The second-order valence-corrected chi connectivity index (χ2v) is 8.15.